The third kappa shape index (κ3) is 6.93. The smallest absolute Gasteiger partial charge is 0.271 e. The Morgan fingerprint density at radius 3 is 2.57 bits per heavy atom. The number of anilines is 1. The number of aromatic nitrogens is 3. The first-order valence-corrected chi connectivity index (χ1v) is 11.7. The number of halogens is 1. The minimum atomic E-state index is -0.571. The molecule has 0 radical (unpaired) electrons. The number of nitro benzene ring substituents is 1. The van der Waals surface area contributed by atoms with Gasteiger partial charge in [-0.05, 0) is 30.7 Å². The Morgan fingerprint density at radius 2 is 1.91 bits per heavy atom. The van der Waals surface area contributed by atoms with Gasteiger partial charge in [0.1, 0.15) is 5.75 Å². The maximum Gasteiger partial charge on any atom is 0.271 e. The number of ether oxygens (including phenoxy) is 1. The Labute approximate surface area is 210 Å². The van der Waals surface area contributed by atoms with E-state index in [1.165, 1.54) is 18.2 Å². The fourth-order valence-electron chi connectivity index (χ4n) is 3.15. The number of nitrogens with one attached hydrogen (secondary N) is 2. The molecule has 0 bridgehead atoms. The van der Waals surface area contributed by atoms with E-state index in [1.54, 1.807) is 37.8 Å². The Hall–Kier alpha value is -3.64. The van der Waals surface area contributed by atoms with Gasteiger partial charge in [0.15, 0.2) is 11.0 Å². The highest BCUT2D eigenvalue weighted by Gasteiger charge is 2.19. The van der Waals surface area contributed by atoms with E-state index in [-0.39, 0.29) is 34.5 Å². The number of thioether (sulfide) groups is 1. The van der Waals surface area contributed by atoms with E-state index < -0.39 is 16.9 Å². The van der Waals surface area contributed by atoms with Crippen LogP contribution in [0, 0.1) is 10.1 Å². The van der Waals surface area contributed by atoms with Gasteiger partial charge in [-0.25, -0.2) is 0 Å². The number of non-ortho nitro benzene ring substituents is 1. The molecule has 11 nitrogen and oxygen atoms in total. The largest absolute Gasteiger partial charge is 0.497 e. The van der Waals surface area contributed by atoms with Crippen LogP contribution in [0.15, 0.2) is 47.6 Å². The molecule has 2 N–H and O–H groups in total. The lowest BCUT2D eigenvalue weighted by atomic mass is 10.1. The summed E-state index contributed by atoms with van der Waals surface area (Å²) in [6.07, 6.45) is 0.203. The van der Waals surface area contributed by atoms with Crippen molar-refractivity contribution in [2.75, 3.05) is 18.2 Å². The molecule has 3 aromatic rings. The minimum absolute atomic E-state index is 0.0246. The zero-order chi connectivity index (χ0) is 25.5. The Balaban J connectivity index is 1.55. The predicted octanol–water partition coefficient (Wildman–Crippen LogP) is 3.54. The van der Waals surface area contributed by atoms with Crippen LogP contribution in [0.2, 0.25) is 5.02 Å². The number of amides is 2. The van der Waals surface area contributed by atoms with E-state index in [1.807, 2.05) is 12.1 Å². The van der Waals surface area contributed by atoms with Gasteiger partial charge in [0.25, 0.3) is 5.69 Å². The molecule has 1 heterocycles. The first-order valence-electron chi connectivity index (χ1n) is 10.4. The summed E-state index contributed by atoms with van der Waals surface area (Å²) in [5.41, 5.74) is 0.816. The summed E-state index contributed by atoms with van der Waals surface area (Å²) < 4.78 is 6.81. The Bertz CT molecular complexity index is 1230. The molecule has 0 saturated heterocycles. The normalized spacial score (nSPS) is 11.5. The van der Waals surface area contributed by atoms with Gasteiger partial charge in [-0.1, -0.05) is 35.5 Å². The quantitative estimate of drug-likeness (QED) is 0.236. The lowest BCUT2D eigenvalue weighted by molar-refractivity contribution is -0.384. The first-order chi connectivity index (χ1) is 16.7. The van der Waals surface area contributed by atoms with Crippen molar-refractivity contribution in [3.8, 4) is 5.75 Å². The van der Waals surface area contributed by atoms with Crippen LogP contribution in [0.5, 0.6) is 5.75 Å². The van der Waals surface area contributed by atoms with Gasteiger partial charge in [0, 0.05) is 19.2 Å². The SMILES string of the molecule is COc1ccc(CC(=O)N[C@H](C)c2nnc(SCC(=O)Nc3cc([N+](=O)[O-])ccc3Cl)n2C)cc1. The van der Waals surface area contributed by atoms with Crippen LogP contribution in [0.1, 0.15) is 24.4 Å². The number of rotatable bonds is 10. The van der Waals surface area contributed by atoms with E-state index in [2.05, 4.69) is 20.8 Å². The van der Waals surface area contributed by atoms with Crippen LogP contribution in [0.4, 0.5) is 11.4 Å². The Kier molecular flexibility index (Phi) is 8.66. The average molecular weight is 519 g/mol. The fraction of sp³-hybridized carbons (Fsp3) is 0.273. The second kappa shape index (κ2) is 11.7. The molecule has 13 heteroatoms. The topological polar surface area (TPSA) is 141 Å². The van der Waals surface area contributed by atoms with Crippen LogP contribution in [0.3, 0.4) is 0 Å². The average Bonchev–Trinajstić information content (AvgIpc) is 3.19. The first kappa shape index (κ1) is 26.0. The van der Waals surface area contributed by atoms with E-state index in [4.69, 9.17) is 16.3 Å². The van der Waals surface area contributed by atoms with Crippen molar-refractivity contribution in [3.05, 3.63) is 69.0 Å². The maximum atomic E-state index is 12.4. The van der Waals surface area contributed by atoms with Gasteiger partial charge < -0.3 is 19.9 Å². The second-order valence-electron chi connectivity index (χ2n) is 7.47. The van der Waals surface area contributed by atoms with E-state index in [9.17, 15) is 19.7 Å². The number of benzene rings is 2. The van der Waals surface area contributed by atoms with Crippen LogP contribution >= 0.6 is 23.4 Å². The summed E-state index contributed by atoms with van der Waals surface area (Å²) in [5.74, 6) is 0.630. The van der Waals surface area contributed by atoms with Crippen molar-refractivity contribution in [3.63, 3.8) is 0 Å². The minimum Gasteiger partial charge on any atom is -0.497 e. The summed E-state index contributed by atoms with van der Waals surface area (Å²) in [7, 11) is 3.31. The van der Waals surface area contributed by atoms with Gasteiger partial charge in [-0.3, -0.25) is 19.7 Å². The van der Waals surface area contributed by atoms with Crippen molar-refractivity contribution in [2.24, 2.45) is 7.05 Å². The second-order valence-corrected chi connectivity index (χ2v) is 8.82. The van der Waals surface area contributed by atoms with Crippen LogP contribution in [-0.4, -0.2) is 44.4 Å². The summed E-state index contributed by atoms with van der Waals surface area (Å²) in [6, 6.07) is 10.6. The predicted molar refractivity (Wildman–Crippen MR) is 132 cm³/mol. The highest BCUT2D eigenvalue weighted by Crippen LogP contribution is 2.27. The third-order valence-electron chi connectivity index (χ3n) is 4.92. The molecule has 0 spiro atoms. The van der Waals surface area contributed by atoms with E-state index >= 15 is 0 Å². The number of hydrogen-bond donors (Lipinski definition) is 2. The molecule has 0 saturated carbocycles. The molecule has 0 aliphatic rings. The van der Waals surface area contributed by atoms with Crippen molar-refractivity contribution in [1.82, 2.24) is 20.1 Å². The lowest BCUT2D eigenvalue weighted by Gasteiger charge is -2.14. The van der Waals surface area contributed by atoms with Gasteiger partial charge in [0.05, 0.1) is 41.0 Å². The van der Waals surface area contributed by atoms with Crippen molar-refractivity contribution < 1.29 is 19.2 Å². The van der Waals surface area contributed by atoms with Crippen molar-refractivity contribution in [1.29, 1.82) is 0 Å². The molecule has 1 aromatic heterocycles. The molecule has 3 rings (SSSR count). The molecular formula is C22H23ClN6O5S. The summed E-state index contributed by atoms with van der Waals surface area (Å²) in [6.45, 7) is 1.79. The fourth-order valence-corrected chi connectivity index (χ4v) is 4.04. The summed E-state index contributed by atoms with van der Waals surface area (Å²) >= 11 is 7.15. The number of nitrogens with zero attached hydrogens (tertiary/aromatic N) is 4. The summed E-state index contributed by atoms with van der Waals surface area (Å²) in [4.78, 5) is 35.2. The van der Waals surface area contributed by atoms with Gasteiger partial charge >= 0.3 is 0 Å². The van der Waals surface area contributed by atoms with Gasteiger partial charge in [-0.2, -0.15) is 0 Å². The molecule has 2 aromatic carbocycles. The van der Waals surface area contributed by atoms with E-state index in [0.717, 1.165) is 17.3 Å². The van der Waals surface area contributed by atoms with Crippen LogP contribution in [-0.2, 0) is 23.1 Å². The molecule has 0 aliphatic carbocycles. The molecule has 35 heavy (non-hydrogen) atoms. The summed E-state index contributed by atoms with van der Waals surface area (Å²) in [5, 5.41) is 25.3. The van der Waals surface area contributed by atoms with Gasteiger partial charge in [0.2, 0.25) is 11.8 Å². The highest BCUT2D eigenvalue weighted by molar-refractivity contribution is 7.99. The molecule has 0 unspecified atom stereocenters. The van der Waals surface area contributed by atoms with Crippen LogP contribution in [0.25, 0.3) is 0 Å². The molecular weight excluding hydrogens is 496 g/mol. The molecule has 0 aliphatic heterocycles. The van der Waals surface area contributed by atoms with Crippen LogP contribution < -0.4 is 15.4 Å². The lowest BCUT2D eigenvalue weighted by Crippen LogP contribution is -2.29. The number of carbonyl (C=O) groups excluding carboxylic acids is 2. The Morgan fingerprint density at radius 1 is 1.20 bits per heavy atom. The number of methoxy groups -OCH3 is 1. The number of carbonyl (C=O) groups is 2. The highest BCUT2D eigenvalue weighted by atomic mass is 35.5. The molecule has 2 amide bonds. The molecule has 1 atom stereocenters. The van der Waals surface area contributed by atoms with Crippen molar-refractivity contribution in [2.45, 2.75) is 24.5 Å². The zero-order valence-electron chi connectivity index (χ0n) is 19.1. The number of nitro groups is 1. The monoisotopic (exact) mass is 518 g/mol. The maximum absolute atomic E-state index is 12.4. The molecule has 0 fully saturated rings. The van der Waals surface area contributed by atoms with Crippen molar-refractivity contribution >= 4 is 46.6 Å². The van der Waals surface area contributed by atoms with E-state index in [0.29, 0.717) is 16.7 Å². The third-order valence-corrected chi connectivity index (χ3v) is 6.27. The number of hydrogen-bond acceptors (Lipinski definition) is 8. The van der Waals surface area contributed by atoms with Gasteiger partial charge in [-0.15, -0.1) is 10.2 Å². The zero-order valence-corrected chi connectivity index (χ0v) is 20.7. The standard InChI is InChI=1S/C22H23ClN6O5S/c1-13(24-19(30)10-14-4-7-16(34-3)8-5-14)21-26-27-22(28(21)2)35-12-20(31)25-18-11-15(29(32)33)6-9-17(18)23/h4-9,11,13H,10,12H2,1-3H3,(H,24,30)(H,25,31)/t13-/m1/s1. The molecule has 184 valence electrons.